The summed E-state index contributed by atoms with van der Waals surface area (Å²) in [5, 5.41) is 2.80. The van der Waals surface area contributed by atoms with E-state index < -0.39 is 0 Å². The van der Waals surface area contributed by atoms with E-state index in [1.54, 1.807) is 6.08 Å². The Morgan fingerprint density at radius 3 is 2.43 bits per heavy atom. The van der Waals surface area contributed by atoms with Crippen LogP contribution in [0.1, 0.15) is 12.5 Å². The number of hydrogen-bond acceptors (Lipinski definition) is 2. The van der Waals surface area contributed by atoms with Crippen molar-refractivity contribution in [2.75, 3.05) is 11.9 Å². The van der Waals surface area contributed by atoms with Gasteiger partial charge in [-0.2, -0.15) is 0 Å². The van der Waals surface area contributed by atoms with Crippen molar-refractivity contribution in [1.82, 2.24) is 0 Å². The molecule has 4 heteroatoms. The number of halogens is 1. The molecule has 21 heavy (non-hydrogen) atoms. The molecule has 2 aromatic carbocycles. The second-order valence-electron chi connectivity index (χ2n) is 4.33. The second-order valence-corrected chi connectivity index (χ2v) is 5.25. The maximum absolute atomic E-state index is 11.8. The van der Waals surface area contributed by atoms with Crippen LogP contribution < -0.4 is 10.1 Å². The quantitative estimate of drug-likeness (QED) is 0.810. The Morgan fingerprint density at radius 2 is 1.81 bits per heavy atom. The van der Waals surface area contributed by atoms with Crippen molar-refractivity contribution in [1.29, 1.82) is 0 Å². The molecule has 2 aromatic rings. The number of rotatable bonds is 5. The van der Waals surface area contributed by atoms with Crippen molar-refractivity contribution in [2.45, 2.75) is 6.92 Å². The number of hydrogen-bond donors (Lipinski definition) is 1. The Hall–Kier alpha value is -2.07. The molecule has 0 spiro atoms. The van der Waals surface area contributed by atoms with Crippen molar-refractivity contribution in [3.05, 3.63) is 64.6 Å². The Kier molecular flexibility index (Phi) is 5.58. The summed E-state index contributed by atoms with van der Waals surface area (Å²) in [5.41, 5.74) is 1.71. The highest BCUT2D eigenvalue weighted by atomic mass is 79.9. The molecule has 0 aliphatic heterocycles. The zero-order valence-electron chi connectivity index (χ0n) is 11.7. The summed E-state index contributed by atoms with van der Waals surface area (Å²) in [7, 11) is 0. The van der Waals surface area contributed by atoms with Gasteiger partial charge in [-0.1, -0.05) is 28.1 Å². The predicted octanol–water partition coefficient (Wildman–Crippen LogP) is 4.50. The summed E-state index contributed by atoms with van der Waals surface area (Å²) >= 11 is 3.37. The fourth-order valence-corrected chi connectivity index (χ4v) is 2.00. The van der Waals surface area contributed by atoms with Gasteiger partial charge in [0.2, 0.25) is 5.91 Å². The molecule has 1 N–H and O–H groups in total. The van der Waals surface area contributed by atoms with Crippen LogP contribution in [0.25, 0.3) is 6.08 Å². The minimum atomic E-state index is -0.165. The van der Waals surface area contributed by atoms with Crippen molar-refractivity contribution < 1.29 is 9.53 Å². The van der Waals surface area contributed by atoms with E-state index in [9.17, 15) is 4.79 Å². The third kappa shape index (κ3) is 5.08. The largest absolute Gasteiger partial charge is 0.494 e. The molecule has 0 aliphatic carbocycles. The zero-order valence-corrected chi connectivity index (χ0v) is 13.3. The number of amides is 1. The lowest BCUT2D eigenvalue weighted by Crippen LogP contribution is -2.07. The van der Waals surface area contributed by atoms with Crippen LogP contribution in [-0.2, 0) is 4.79 Å². The third-order valence-corrected chi connectivity index (χ3v) is 3.26. The van der Waals surface area contributed by atoms with E-state index in [4.69, 9.17) is 4.74 Å². The highest BCUT2D eigenvalue weighted by molar-refractivity contribution is 9.10. The molecule has 2 rings (SSSR count). The Morgan fingerprint density at radius 1 is 1.14 bits per heavy atom. The lowest BCUT2D eigenvalue weighted by Gasteiger charge is -2.05. The second kappa shape index (κ2) is 7.64. The van der Waals surface area contributed by atoms with E-state index in [-0.39, 0.29) is 5.91 Å². The van der Waals surface area contributed by atoms with Crippen LogP contribution in [0, 0.1) is 0 Å². The summed E-state index contributed by atoms with van der Waals surface area (Å²) < 4.78 is 6.36. The van der Waals surface area contributed by atoms with Gasteiger partial charge in [-0.3, -0.25) is 4.79 Å². The fourth-order valence-electron chi connectivity index (χ4n) is 1.73. The van der Waals surface area contributed by atoms with Crippen LogP contribution in [0.3, 0.4) is 0 Å². The van der Waals surface area contributed by atoms with Gasteiger partial charge in [0.15, 0.2) is 0 Å². The van der Waals surface area contributed by atoms with E-state index in [1.807, 2.05) is 55.5 Å². The average molecular weight is 346 g/mol. The Balaban J connectivity index is 1.93. The Bertz CT molecular complexity index is 618. The maximum atomic E-state index is 11.8. The number of nitrogens with one attached hydrogen (secondary N) is 1. The van der Waals surface area contributed by atoms with Crippen molar-refractivity contribution in [3.63, 3.8) is 0 Å². The minimum Gasteiger partial charge on any atom is -0.494 e. The van der Waals surface area contributed by atoms with Crippen LogP contribution in [0.2, 0.25) is 0 Å². The number of carbonyl (C=O) groups excluding carboxylic acids is 1. The van der Waals surface area contributed by atoms with Crippen LogP contribution in [-0.4, -0.2) is 12.5 Å². The molecule has 0 radical (unpaired) electrons. The normalized spacial score (nSPS) is 10.6. The zero-order chi connectivity index (χ0) is 15.1. The lowest BCUT2D eigenvalue weighted by atomic mass is 10.2. The molecular weight excluding hydrogens is 330 g/mol. The van der Waals surface area contributed by atoms with Gasteiger partial charge in [-0.05, 0) is 55.0 Å². The molecule has 0 atom stereocenters. The summed E-state index contributed by atoms with van der Waals surface area (Å²) in [6.45, 7) is 2.56. The smallest absolute Gasteiger partial charge is 0.248 e. The topological polar surface area (TPSA) is 38.3 Å². The van der Waals surface area contributed by atoms with Gasteiger partial charge in [-0.25, -0.2) is 0 Å². The van der Waals surface area contributed by atoms with E-state index in [2.05, 4.69) is 21.2 Å². The first-order chi connectivity index (χ1) is 10.2. The summed E-state index contributed by atoms with van der Waals surface area (Å²) in [6, 6.07) is 15.0. The summed E-state index contributed by atoms with van der Waals surface area (Å²) in [6.07, 6.45) is 3.29. The lowest BCUT2D eigenvalue weighted by molar-refractivity contribution is -0.111. The molecule has 108 valence electrons. The third-order valence-electron chi connectivity index (χ3n) is 2.73. The Labute approximate surface area is 132 Å². The van der Waals surface area contributed by atoms with Gasteiger partial charge in [0, 0.05) is 16.2 Å². The maximum Gasteiger partial charge on any atom is 0.248 e. The van der Waals surface area contributed by atoms with E-state index in [1.165, 1.54) is 6.08 Å². The molecule has 0 unspecified atom stereocenters. The van der Waals surface area contributed by atoms with Crippen molar-refractivity contribution in [3.8, 4) is 5.75 Å². The molecule has 0 fully saturated rings. The van der Waals surface area contributed by atoms with E-state index >= 15 is 0 Å². The fraction of sp³-hybridized carbons (Fsp3) is 0.118. The molecular formula is C17H16BrNO2. The first kappa shape index (κ1) is 15.3. The predicted molar refractivity (Wildman–Crippen MR) is 89.4 cm³/mol. The molecule has 1 amide bonds. The molecule has 0 saturated carbocycles. The van der Waals surface area contributed by atoms with Gasteiger partial charge in [0.05, 0.1) is 6.61 Å². The van der Waals surface area contributed by atoms with Crippen LogP contribution in [0.4, 0.5) is 5.69 Å². The van der Waals surface area contributed by atoms with Gasteiger partial charge < -0.3 is 10.1 Å². The molecule has 0 heterocycles. The molecule has 0 bridgehead atoms. The number of carbonyl (C=O) groups is 1. The highest BCUT2D eigenvalue weighted by Crippen LogP contribution is 2.16. The monoisotopic (exact) mass is 345 g/mol. The standard InChI is InChI=1S/C17H16BrNO2/c1-2-21-16-10-8-15(9-11-16)19-17(20)12-5-13-3-6-14(18)7-4-13/h3-12H,2H2,1H3,(H,19,20)/b12-5-. The van der Waals surface area contributed by atoms with Gasteiger partial charge in [0.1, 0.15) is 5.75 Å². The average Bonchev–Trinajstić information content (AvgIpc) is 2.49. The minimum absolute atomic E-state index is 0.165. The van der Waals surface area contributed by atoms with Crippen LogP contribution >= 0.6 is 15.9 Å². The number of ether oxygens (including phenoxy) is 1. The highest BCUT2D eigenvalue weighted by Gasteiger charge is 1.99. The summed E-state index contributed by atoms with van der Waals surface area (Å²) in [5.74, 6) is 0.628. The van der Waals surface area contributed by atoms with Gasteiger partial charge in [0.25, 0.3) is 0 Å². The molecule has 0 aromatic heterocycles. The van der Waals surface area contributed by atoms with Crippen molar-refractivity contribution in [2.24, 2.45) is 0 Å². The van der Waals surface area contributed by atoms with Gasteiger partial charge in [-0.15, -0.1) is 0 Å². The molecule has 0 saturated heterocycles. The molecule has 3 nitrogen and oxygen atoms in total. The molecule has 0 aliphatic rings. The van der Waals surface area contributed by atoms with Crippen LogP contribution in [0.5, 0.6) is 5.75 Å². The number of anilines is 1. The SMILES string of the molecule is CCOc1ccc(NC(=O)/C=C\c2ccc(Br)cc2)cc1. The van der Waals surface area contributed by atoms with Crippen LogP contribution in [0.15, 0.2) is 59.1 Å². The summed E-state index contributed by atoms with van der Waals surface area (Å²) in [4.78, 5) is 11.8. The van der Waals surface area contributed by atoms with Crippen molar-refractivity contribution >= 4 is 33.6 Å². The van der Waals surface area contributed by atoms with E-state index in [0.717, 1.165) is 21.5 Å². The van der Waals surface area contributed by atoms with Gasteiger partial charge >= 0.3 is 0 Å². The first-order valence-corrected chi connectivity index (χ1v) is 7.44. The number of benzene rings is 2. The first-order valence-electron chi connectivity index (χ1n) is 6.65. The van der Waals surface area contributed by atoms with E-state index in [0.29, 0.717) is 6.61 Å².